The van der Waals surface area contributed by atoms with E-state index in [1.165, 1.54) is 0 Å². The maximum Gasteiger partial charge on any atom is 0.219 e. The van der Waals surface area contributed by atoms with Crippen molar-refractivity contribution in [1.82, 2.24) is 5.32 Å². The standard InChI is InChI=1S/C23H28ClNO4/c1-25-23(28)10-5-3-2-4-9-21-17(12-14-22(21)27)11-13-19(26)16-29-20-8-6-7-18(24)15-20/h2,4,6-8,11,13,15,19,26H,3,5,9-10,12,14,16H2,1H3,(H,25,28)/b4-2-,13-11+/t19-/m1/s1. The van der Waals surface area contributed by atoms with Crippen molar-refractivity contribution in [2.75, 3.05) is 13.7 Å². The molecule has 1 aliphatic carbocycles. The number of ketones is 1. The molecule has 1 atom stereocenters. The molecule has 156 valence electrons. The Hall–Kier alpha value is -2.37. The van der Waals surface area contributed by atoms with Crippen molar-refractivity contribution >= 4 is 23.3 Å². The number of unbranched alkanes of at least 4 members (excludes halogenated alkanes) is 1. The molecular weight excluding hydrogens is 390 g/mol. The maximum absolute atomic E-state index is 12.1. The van der Waals surface area contributed by atoms with Crippen LogP contribution in [0.2, 0.25) is 5.02 Å². The molecule has 1 amide bonds. The number of Topliss-reactive ketones (excluding diaryl/α,β-unsaturated/α-hetero) is 1. The Morgan fingerprint density at radius 3 is 2.93 bits per heavy atom. The number of hydrogen-bond acceptors (Lipinski definition) is 4. The summed E-state index contributed by atoms with van der Waals surface area (Å²) in [4.78, 5) is 23.3. The third kappa shape index (κ3) is 8.26. The Kier molecular flexibility index (Phi) is 9.68. The summed E-state index contributed by atoms with van der Waals surface area (Å²) in [7, 11) is 1.63. The fourth-order valence-electron chi connectivity index (χ4n) is 3.00. The van der Waals surface area contributed by atoms with Crippen LogP contribution in [-0.2, 0) is 9.59 Å². The zero-order valence-corrected chi connectivity index (χ0v) is 17.5. The normalized spacial score (nSPS) is 15.5. The molecule has 1 aromatic carbocycles. The lowest BCUT2D eigenvalue weighted by molar-refractivity contribution is -0.120. The molecule has 29 heavy (non-hydrogen) atoms. The van der Waals surface area contributed by atoms with Crippen molar-refractivity contribution < 1.29 is 19.4 Å². The van der Waals surface area contributed by atoms with Gasteiger partial charge in [0.1, 0.15) is 18.5 Å². The molecule has 2 N–H and O–H groups in total. The number of rotatable bonds is 11. The molecule has 1 aromatic rings. The van der Waals surface area contributed by atoms with Crippen molar-refractivity contribution in [3.63, 3.8) is 0 Å². The molecule has 0 aromatic heterocycles. The van der Waals surface area contributed by atoms with Crippen LogP contribution < -0.4 is 10.1 Å². The summed E-state index contributed by atoms with van der Waals surface area (Å²) in [6.07, 6.45) is 10.6. The van der Waals surface area contributed by atoms with Gasteiger partial charge in [-0.05, 0) is 49.5 Å². The van der Waals surface area contributed by atoms with Crippen molar-refractivity contribution in [2.45, 2.75) is 44.6 Å². The van der Waals surface area contributed by atoms with Gasteiger partial charge in [0, 0.05) is 30.5 Å². The Bertz CT molecular complexity index is 798. The number of hydrogen-bond donors (Lipinski definition) is 2. The van der Waals surface area contributed by atoms with E-state index in [0.717, 1.165) is 24.0 Å². The van der Waals surface area contributed by atoms with E-state index in [9.17, 15) is 14.7 Å². The van der Waals surface area contributed by atoms with E-state index in [2.05, 4.69) is 5.32 Å². The Balaban J connectivity index is 1.83. The molecule has 0 aliphatic heterocycles. The second-order valence-electron chi connectivity index (χ2n) is 6.86. The predicted molar refractivity (Wildman–Crippen MR) is 115 cm³/mol. The summed E-state index contributed by atoms with van der Waals surface area (Å²) in [5.74, 6) is 0.796. The first-order valence-electron chi connectivity index (χ1n) is 9.85. The van der Waals surface area contributed by atoms with Crippen molar-refractivity contribution in [1.29, 1.82) is 0 Å². The number of halogens is 1. The quantitative estimate of drug-likeness (QED) is 0.418. The molecular formula is C23H28ClNO4. The van der Waals surface area contributed by atoms with Gasteiger partial charge >= 0.3 is 0 Å². The molecule has 5 nitrogen and oxygen atoms in total. The van der Waals surface area contributed by atoms with Gasteiger partial charge in [0.15, 0.2) is 5.78 Å². The maximum atomic E-state index is 12.1. The van der Waals surface area contributed by atoms with Crippen molar-refractivity contribution in [3.05, 3.63) is 64.7 Å². The van der Waals surface area contributed by atoms with Crippen LogP contribution >= 0.6 is 11.6 Å². The SMILES string of the molecule is CNC(=O)CCC/C=C\CC1=C(/C=C/[C@@H](O)COc2cccc(Cl)c2)CCC1=O. The van der Waals surface area contributed by atoms with Crippen molar-refractivity contribution in [2.24, 2.45) is 0 Å². The molecule has 0 fully saturated rings. The zero-order valence-electron chi connectivity index (χ0n) is 16.7. The van der Waals surface area contributed by atoms with Crippen molar-refractivity contribution in [3.8, 4) is 5.75 Å². The molecule has 0 heterocycles. The predicted octanol–water partition coefficient (Wildman–Crippen LogP) is 4.16. The molecule has 0 bridgehead atoms. The lowest BCUT2D eigenvalue weighted by atomic mass is 10.1. The van der Waals surface area contributed by atoms with E-state index in [0.29, 0.717) is 36.5 Å². The van der Waals surface area contributed by atoms with Gasteiger partial charge in [-0.25, -0.2) is 0 Å². The van der Waals surface area contributed by atoms with E-state index in [1.54, 1.807) is 37.4 Å². The van der Waals surface area contributed by atoms with Gasteiger partial charge in [-0.2, -0.15) is 0 Å². The smallest absolute Gasteiger partial charge is 0.219 e. The van der Waals surface area contributed by atoms with Crippen LogP contribution in [0.4, 0.5) is 0 Å². The average molecular weight is 418 g/mol. The number of amides is 1. The van der Waals surface area contributed by atoms with Crippen LogP contribution in [0.25, 0.3) is 0 Å². The minimum Gasteiger partial charge on any atom is -0.491 e. The highest BCUT2D eigenvalue weighted by atomic mass is 35.5. The van der Waals surface area contributed by atoms with Crippen LogP contribution in [0.15, 0.2) is 59.7 Å². The number of allylic oxidation sites excluding steroid dienone is 5. The highest BCUT2D eigenvalue weighted by molar-refractivity contribution is 6.30. The second kappa shape index (κ2) is 12.2. The van der Waals surface area contributed by atoms with Gasteiger partial charge < -0.3 is 15.2 Å². The highest BCUT2D eigenvalue weighted by Crippen LogP contribution is 2.27. The zero-order chi connectivity index (χ0) is 21.1. The number of aliphatic hydroxyl groups is 1. The monoisotopic (exact) mass is 417 g/mol. The van der Waals surface area contributed by atoms with E-state index in [1.807, 2.05) is 18.2 Å². The molecule has 0 unspecified atom stereocenters. The topological polar surface area (TPSA) is 75.6 Å². The summed E-state index contributed by atoms with van der Waals surface area (Å²) in [6.45, 7) is 0.110. The van der Waals surface area contributed by atoms with Crippen LogP contribution in [0.3, 0.4) is 0 Å². The van der Waals surface area contributed by atoms with Gasteiger partial charge in [0.25, 0.3) is 0 Å². The number of nitrogens with one attached hydrogen (secondary N) is 1. The third-order valence-electron chi connectivity index (χ3n) is 4.62. The second-order valence-corrected chi connectivity index (χ2v) is 7.30. The minimum atomic E-state index is -0.779. The van der Waals surface area contributed by atoms with Gasteiger partial charge in [-0.15, -0.1) is 0 Å². The third-order valence-corrected chi connectivity index (χ3v) is 4.86. The number of aliphatic hydroxyl groups excluding tert-OH is 1. The lowest BCUT2D eigenvalue weighted by Crippen LogP contribution is -2.16. The summed E-state index contributed by atoms with van der Waals surface area (Å²) < 4.78 is 5.53. The summed E-state index contributed by atoms with van der Waals surface area (Å²) in [6, 6.07) is 7.01. The Morgan fingerprint density at radius 2 is 2.17 bits per heavy atom. The molecule has 0 saturated heterocycles. The van der Waals surface area contributed by atoms with Gasteiger partial charge in [0.2, 0.25) is 5.91 Å². The number of carbonyl (C=O) groups excluding carboxylic acids is 2. The summed E-state index contributed by atoms with van der Waals surface area (Å²) >= 11 is 5.91. The molecule has 0 radical (unpaired) electrons. The Morgan fingerprint density at radius 1 is 1.34 bits per heavy atom. The van der Waals surface area contributed by atoms with Gasteiger partial charge in [-0.3, -0.25) is 9.59 Å². The minimum absolute atomic E-state index is 0.0393. The van der Waals surface area contributed by atoms with Crippen LogP contribution in [0, 0.1) is 0 Å². The fourth-order valence-corrected chi connectivity index (χ4v) is 3.18. The summed E-state index contributed by atoms with van der Waals surface area (Å²) in [5, 5.41) is 13.3. The van der Waals surface area contributed by atoms with Crippen LogP contribution in [-0.4, -0.2) is 36.6 Å². The van der Waals surface area contributed by atoms with E-state index in [-0.39, 0.29) is 18.3 Å². The average Bonchev–Trinajstić information content (AvgIpc) is 3.06. The first-order chi connectivity index (χ1) is 14.0. The first kappa shape index (κ1) is 22.9. The molecule has 0 saturated carbocycles. The Labute approximate surface area is 177 Å². The molecule has 6 heteroatoms. The molecule has 1 aliphatic rings. The highest BCUT2D eigenvalue weighted by Gasteiger charge is 2.20. The largest absolute Gasteiger partial charge is 0.491 e. The fraction of sp³-hybridized carbons (Fsp3) is 0.391. The van der Waals surface area contributed by atoms with Gasteiger partial charge in [0.05, 0.1) is 0 Å². The number of benzene rings is 1. The van der Waals surface area contributed by atoms with Crippen LogP contribution in [0.1, 0.15) is 38.5 Å². The van der Waals surface area contributed by atoms with E-state index >= 15 is 0 Å². The van der Waals surface area contributed by atoms with Crippen LogP contribution in [0.5, 0.6) is 5.75 Å². The lowest BCUT2D eigenvalue weighted by Gasteiger charge is -2.09. The molecule has 2 rings (SSSR count). The number of carbonyl (C=O) groups is 2. The molecule has 0 spiro atoms. The number of ether oxygens (including phenoxy) is 1. The van der Waals surface area contributed by atoms with E-state index in [4.69, 9.17) is 16.3 Å². The van der Waals surface area contributed by atoms with E-state index < -0.39 is 6.10 Å². The van der Waals surface area contributed by atoms with Gasteiger partial charge in [-0.1, -0.05) is 42.0 Å². The first-order valence-corrected chi connectivity index (χ1v) is 10.2. The summed E-state index contributed by atoms with van der Waals surface area (Å²) in [5.41, 5.74) is 1.76.